The van der Waals surface area contributed by atoms with E-state index in [4.69, 9.17) is 4.74 Å². The molecule has 3 aliphatic rings. The molecule has 114 valence electrons. The molecule has 0 spiro atoms. The highest BCUT2D eigenvalue weighted by molar-refractivity contribution is 5.74. The van der Waals surface area contributed by atoms with Gasteiger partial charge in [0.1, 0.15) is 0 Å². The predicted molar refractivity (Wildman–Crippen MR) is 77.7 cm³/mol. The van der Waals surface area contributed by atoms with Gasteiger partial charge < -0.3 is 15.0 Å². The van der Waals surface area contributed by atoms with Gasteiger partial charge in [0.05, 0.1) is 12.7 Å². The summed E-state index contributed by atoms with van der Waals surface area (Å²) in [4.78, 5) is 16.6. The number of nitrogens with one attached hydrogen (secondary N) is 1. The van der Waals surface area contributed by atoms with Gasteiger partial charge in [0.25, 0.3) is 0 Å². The second-order valence-corrected chi connectivity index (χ2v) is 6.63. The second-order valence-electron chi connectivity index (χ2n) is 6.63. The van der Waals surface area contributed by atoms with E-state index in [9.17, 15) is 4.79 Å². The van der Waals surface area contributed by atoms with E-state index < -0.39 is 0 Å². The van der Waals surface area contributed by atoms with Gasteiger partial charge >= 0.3 is 6.03 Å². The molecular weight excluding hydrogens is 254 g/mol. The molecule has 3 fully saturated rings. The zero-order chi connectivity index (χ0) is 13.9. The molecule has 3 atom stereocenters. The van der Waals surface area contributed by atoms with Gasteiger partial charge in [0.15, 0.2) is 0 Å². The van der Waals surface area contributed by atoms with E-state index in [1.165, 1.54) is 25.8 Å². The topological polar surface area (TPSA) is 44.8 Å². The van der Waals surface area contributed by atoms with Gasteiger partial charge in [-0.25, -0.2) is 4.79 Å². The zero-order valence-corrected chi connectivity index (χ0v) is 12.5. The Morgan fingerprint density at radius 2 is 2.10 bits per heavy atom. The molecule has 3 rings (SSSR count). The Labute approximate surface area is 121 Å². The normalized spacial score (nSPS) is 34.9. The van der Waals surface area contributed by atoms with Crippen LogP contribution in [0.3, 0.4) is 0 Å². The molecule has 3 saturated heterocycles. The molecule has 3 unspecified atom stereocenters. The van der Waals surface area contributed by atoms with E-state index in [1.54, 1.807) is 0 Å². The van der Waals surface area contributed by atoms with E-state index in [0.717, 1.165) is 32.7 Å². The van der Waals surface area contributed by atoms with Crippen molar-refractivity contribution < 1.29 is 9.53 Å². The number of ether oxygens (including phenoxy) is 1. The van der Waals surface area contributed by atoms with Gasteiger partial charge in [-0.1, -0.05) is 6.92 Å². The molecule has 3 aliphatic heterocycles. The molecule has 1 N–H and O–H groups in total. The van der Waals surface area contributed by atoms with Gasteiger partial charge in [0.2, 0.25) is 0 Å². The fourth-order valence-electron chi connectivity index (χ4n) is 3.70. The first-order valence-corrected chi connectivity index (χ1v) is 8.11. The monoisotopic (exact) mass is 281 g/mol. The summed E-state index contributed by atoms with van der Waals surface area (Å²) >= 11 is 0. The quantitative estimate of drug-likeness (QED) is 0.829. The predicted octanol–water partition coefficient (Wildman–Crippen LogP) is 1.29. The lowest BCUT2D eigenvalue weighted by atomic mass is 10.0. The number of likely N-dealkylation sites (tertiary alicyclic amines) is 1. The number of morpholine rings is 1. The summed E-state index contributed by atoms with van der Waals surface area (Å²) in [5.74, 6) is 0.630. The van der Waals surface area contributed by atoms with Crippen molar-refractivity contribution in [3.05, 3.63) is 0 Å². The highest BCUT2D eigenvalue weighted by atomic mass is 16.5. The molecule has 0 aromatic carbocycles. The van der Waals surface area contributed by atoms with Crippen molar-refractivity contribution in [2.75, 3.05) is 39.3 Å². The molecule has 0 aromatic rings. The first-order valence-electron chi connectivity index (χ1n) is 8.11. The van der Waals surface area contributed by atoms with Crippen LogP contribution >= 0.6 is 0 Å². The van der Waals surface area contributed by atoms with E-state index in [2.05, 4.69) is 17.1 Å². The molecule has 0 bridgehead atoms. The average molecular weight is 281 g/mol. The minimum atomic E-state index is 0.0868. The van der Waals surface area contributed by atoms with E-state index in [1.807, 2.05) is 4.90 Å². The number of urea groups is 1. The lowest BCUT2D eigenvalue weighted by molar-refractivity contribution is -0.0461. The van der Waals surface area contributed by atoms with Crippen molar-refractivity contribution in [2.45, 2.75) is 44.8 Å². The summed E-state index contributed by atoms with van der Waals surface area (Å²) in [7, 11) is 0. The van der Waals surface area contributed by atoms with Crippen molar-refractivity contribution in [1.29, 1.82) is 0 Å². The fourth-order valence-corrected chi connectivity index (χ4v) is 3.70. The van der Waals surface area contributed by atoms with Crippen LogP contribution in [0.5, 0.6) is 0 Å². The number of hydrogen-bond acceptors (Lipinski definition) is 3. The summed E-state index contributed by atoms with van der Waals surface area (Å²) in [6, 6.07) is 0.716. The fraction of sp³-hybridized carbons (Fsp3) is 0.933. The number of hydrogen-bond donors (Lipinski definition) is 1. The van der Waals surface area contributed by atoms with E-state index in [-0.39, 0.29) is 12.1 Å². The Morgan fingerprint density at radius 1 is 1.25 bits per heavy atom. The number of carbonyl (C=O) groups is 1. The van der Waals surface area contributed by atoms with Crippen LogP contribution in [0.25, 0.3) is 0 Å². The molecule has 3 heterocycles. The van der Waals surface area contributed by atoms with Crippen LogP contribution in [-0.4, -0.2) is 67.3 Å². The first kappa shape index (κ1) is 14.1. The van der Waals surface area contributed by atoms with Crippen LogP contribution < -0.4 is 5.32 Å². The SMILES string of the molecule is CC1CCCN(C(=O)NCC2CN3CCCC3CO2)C1. The molecule has 0 aliphatic carbocycles. The lowest BCUT2D eigenvalue weighted by Gasteiger charge is -2.36. The van der Waals surface area contributed by atoms with Gasteiger partial charge in [-0.15, -0.1) is 0 Å². The Morgan fingerprint density at radius 3 is 2.95 bits per heavy atom. The third-order valence-electron chi connectivity index (χ3n) is 4.89. The molecule has 0 aromatic heterocycles. The summed E-state index contributed by atoms with van der Waals surface area (Å²) in [5.41, 5.74) is 0. The molecule has 0 radical (unpaired) electrons. The van der Waals surface area contributed by atoms with Crippen molar-refractivity contribution in [3.8, 4) is 0 Å². The van der Waals surface area contributed by atoms with Crippen LogP contribution in [0.4, 0.5) is 4.79 Å². The molecule has 5 heteroatoms. The highest BCUT2D eigenvalue weighted by Crippen LogP contribution is 2.22. The smallest absolute Gasteiger partial charge is 0.317 e. The maximum Gasteiger partial charge on any atom is 0.317 e. The van der Waals surface area contributed by atoms with Crippen molar-refractivity contribution >= 4 is 6.03 Å². The van der Waals surface area contributed by atoms with Gasteiger partial charge in [0, 0.05) is 32.2 Å². The third kappa shape index (κ3) is 3.26. The van der Waals surface area contributed by atoms with Crippen molar-refractivity contribution in [2.24, 2.45) is 5.92 Å². The average Bonchev–Trinajstić information content (AvgIpc) is 2.92. The third-order valence-corrected chi connectivity index (χ3v) is 4.89. The molecule has 2 amide bonds. The van der Waals surface area contributed by atoms with Gasteiger partial charge in [-0.3, -0.25) is 4.90 Å². The Hall–Kier alpha value is -0.810. The van der Waals surface area contributed by atoms with E-state index >= 15 is 0 Å². The highest BCUT2D eigenvalue weighted by Gasteiger charge is 2.32. The van der Waals surface area contributed by atoms with E-state index in [0.29, 0.717) is 18.5 Å². The van der Waals surface area contributed by atoms with Gasteiger partial charge in [-0.05, 0) is 38.1 Å². The first-order chi connectivity index (χ1) is 9.72. The van der Waals surface area contributed by atoms with Crippen LogP contribution in [0.2, 0.25) is 0 Å². The minimum absolute atomic E-state index is 0.0868. The summed E-state index contributed by atoms with van der Waals surface area (Å²) in [5, 5.41) is 3.06. The summed E-state index contributed by atoms with van der Waals surface area (Å²) < 4.78 is 5.88. The van der Waals surface area contributed by atoms with Crippen LogP contribution in [0.1, 0.15) is 32.6 Å². The van der Waals surface area contributed by atoms with Crippen molar-refractivity contribution in [3.63, 3.8) is 0 Å². The standard InChI is InChI=1S/C15H27N3O2/c1-12-4-2-7-18(9-12)15(19)16-8-14-10-17-6-3-5-13(17)11-20-14/h12-14H,2-11H2,1H3,(H,16,19). The van der Waals surface area contributed by atoms with Gasteiger partial charge in [-0.2, -0.15) is 0 Å². The number of carbonyl (C=O) groups excluding carboxylic acids is 1. The maximum absolute atomic E-state index is 12.2. The molecule has 5 nitrogen and oxygen atoms in total. The number of amides is 2. The zero-order valence-electron chi connectivity index (χ0n) is 12.5. The Kier molecular flexibility index (Phi) is 4.46. The second kappa shape index (κ2) is 6.31. The molecule has 20 heavy (non-hydrogen) atoms. The summed E-state index contributed by atoms with van der Waals surface area (Å²) in [6.07, 6.45) is 5.09. The number of fused-ring (bicyclic) bond motifs is 1. The number of nitrogens with zero attached hydrogens (tertiary/aromatic N) is 2. The largest absolute Gasteiger partial charge is 0.373 e. The Bertz CT molecular complexity index is 350. The van der Waals surface area contributed by atoms with Crippen LogP contribution in [0, 0.1) is 5.92 Å². The lowest BCUT2D eigenvalue weighted by Crippen LogP contribution is -2.52. The van der Waals surface area contributed by atoms with Crippen molar-refractivity contribution in [1.82, 2.24) is 15.1 Å². The molecule has 0 saturated carbocycles. The molecular formula is C15H27N3O2. The number of rotatable bonds is 2. The Balaban J connectivity index is 1.41. The number of piperidine rings is 1. The summed E-state index contributed by atoms with van der Waals surface area (Å²) in [6.45, 7) is 7.66. The minimum Gasteiger partial charge on any atom is -0.373 e. The maximum atomic E-state index is 12.2. The van der Waals surface area contributed by atoms with Crippen LogP contribution in [-0.2, 0) is 4.74 Å². The van der Waals surface area contributed by atoms with Crippen LogP contribution in [0.15, 0.2) is 0 Å².